The molecular formula is C15H17NO3. The van der Waals surface area contributed by atoms with Crippen molar-refractivity contribution >= 4 is 5.97 Å². The Morgan fingerprint density at radius 2 is 2.21 bits per heavy atom. The van der Waals surface area contributed by atoms with Gasteiger partial charge in [0.05, 0.1) is 25.2 Å². The number of hydrogen-bond donors (Lipinski definition) is 0. The highest BCUT2D eigenvalue weighted by Crippen LogP contribution is 2.65. The standard InChI is InChI=1S/C15H17NO3/c1-7-5-8(3-4-16-7)11-12(15(17)18-2)14-10-6-9(10)13(11)19-14/h3-5,9-14H,6H2,1-2H3/t9-,10+,11+,12+,13-,14+/m0/s1. The van der Waals surface area contributed by atoms with E-state index in [2.05, 4.69) is 11.1 Å². The number of carbonyl (C=O) groups is 1. The van der Waals surface area contributed by atoms with Crippen LogP contribution in [0.4, 0.5) is 0 Å². The molecule has 1 aromatic rings. The Hall–Kier alpha value is -1.42. The van der Waals surface area contributed by atoms with E-state index in [1.807, 2.05) is 19.2 Å². The number of fused-ring (bicyclic) bond motifs is 5. The summed E-state index contributed by atoms with van der Waals surface area (Å²) in [5, 5.41) is 0. The molecule has 6 atom stereocenters. The summed E-state index contributed by atoms with van der Waals surface area (Å²) in [7, 11) is 1.47. The molecule has 4 nitrogen and oxygen atoms in total. The second kappa shape index (κ2) is 3.79. The number of aromatic nitrogens is 1. The molecule has 3 aliphatic rings. The van der Waals surface area contributed by atoms with Crippen molar-refractivity contribution in [3.8, 4) is 0 Å². The van der Waals surface area contributed by atoms with Gasteiger partial charge in [-0.15, -0.1) is 0 Å². The monoisotopic (exact) mass is 259 g/mol. The van der Waals surface area contributed by atoms with Gasteiger partial charge in [0.15, 0.2) is 0 Å². The van der Waals surface area contributed by atoms with Gasteiger partial charge in [-0.3, -0.25) is 9.78 Å². The van der Waals surface area contributed by atoms with Crippen molar-refractivity contribution < 1.29 is 14.3 Å². The number of ether oxygens (including phenoxy) is 2. The van der Waals surface area contributed by atoms with E-state index in [-0.39, 0.29) is 30.0 Å². The van der Waals surface area contributed by atoms with Gasteiger partial charge in [0.25, 0.3) is 0 Å². The van der Waals surface area contributed by atoms with Crippen LogP contribution in [-0.2, 0) is 14.3 Å². The number of esters is 1. The molecule has 3 fully saturated rings. The molecule has 3 heterocycles. The minimum absolute atomic E-state index is 0.0703. The largest absolute Gasteiger partial charge is 0.469 e. The summed E-state index contributed by atoms with van der Waals surface area (Å²) >= 11 is 0. The summed E-state index contributed by atoms with van der Waals surface area (Å²) in [6, 6.07) is 4.08. The van der Waals surface area contributed by atoms with E-state index in [0.29, 0.717) is 11.8 Å². The first-order valence-electron chi connectivity index (χ1n) is 6.86. The van der Waals surface area contributed by atoms with Crippen LogP contribution < -0.4 is 0 Å². The molecule has 0 N–H and O–H groups in total. The lowest BCUT2D eigenvalue weighted by molar-refractivity contribution is -0.148. The van der Waals surface area contributed by atoms with E-state index in [9.17, 15) is 4.79 Å². The summed E-state index contributed by atoms with van der Waals surface area (Å²) in [5.41, 5.74) is 2.15. The molecule has 1 aromatic heterocycles. The fourth-order valence-corrected chi connectivity index (χ4v) is 4.07. The van der Waals surface area contributed by atoms with Crippen molar-refractivity contribution in [2.45, 2.75) is 31.5 Å². The number of nitrogens with zero attached hydrogens (tertiary/aromatic N) is 1. The molecule has 1 saturated carbocycles. The molecule has 100 valence electrons. The maximum absolute atomic E-state index is 12.1. The molecule has 0 aromatic carbocycles. The Bertz CT molecular complexity index is 544. The van der Waals surface area contributed by atoms with Crippen LogP contribution in [0.15, 0.2) is 18.3 Å². The molecule has 0 radical (unpaired) electrons. The Morgan fingerprint density at radius 3 is 2.95 bits per heavy atom. The number of aryl methyl sites for hydroxylation is 1. The third-order valence-electron chi connectivity index (χ3n) is 4.92. The summed E-state index contributed by atoms with van der Waals surface area (Å²) in [4.78, 5) is 16.4. The molecule has 2 bridgehead atoms. The van der Waals surface area contributed by atoms with Gasteiger partial charge in [-0.2, -0.15) is 0 Å². The lowest BCUT2D eigenvalue weighted by Gasteiger charge is -2.26. The molecule has 4 rings (SSSR count). The highest BCUT2D eigenvalue weighted by Gasteiger charge is 2.69. The smallest absolute Gasteiger partial charge is 0.312 e. The minimum atomic E-state index is -0.138. The quantitative estimate of drug-likeness (QED) is 0.758. The molecular weight excluding hydrogens is 242 g/mol. The number of hydrogen-bond acceptors (Lipinski definition) is 4. The Labute approximate surface area is 112 Å². The fourth-order valence-electron chi connectivity index (χ4n) is 4.07. The number of carbonyl (C=O) groups excluding carboxylic acids is 1. The van der Waals surface area contributed by atoms with Gasteiger partial charge >= 0.3 is 5.97 Å². The maximum Gasteiger partial charge on any atom is 0.312 e. The first kappa shape index (κ1) is 11.4. The van der Waals surface area contributed by atoms with E-state index in [1.165, 1.54) is 19.1 Å². The van der Waals surface area contributed by atoms with Crippen molar-refractivity contribution in [2.75, 3.05) is 7.11 Å². The second-order valence-electron chi connectivity index (χ2n) is 5.93. The highest BCUT2D eigenvalue weighted by molar-refractivity contribution is 5.76. The molecule has 0 amide bonds. The van der Waals surface area contributed by atoms with Gasteiger partial charge in [0, 0.05) is 17.8 Å². The topological polar surface area (TPSA) is 48.4 Å². The molecule has 19 heavy (non-hydrogen) atoms. The van der Waals surface area contributed by atoms with Crippen LogP contribution in [0, 0.1) is 24.7 Å². The molecule has 0 unspecified atom stereocenters. The van der Waals surface area contributed by atoms with E-state index in [0.717, 1.165) is 5.69 Å². The van der Waals surface area contributed by atoms with Gasteiger partial charge in [-0.25, -0.2) is 0 Å². The van der Waals surface area contributed by atoms with Crippen molar-refractivity contribution in [1.82, 2.24) is 4.98 Å². The third kappa shape index (κ3) is 1.49. The average molecular weight is 259 g/mol. The minimum Gasteiger partial charge on any atom is -0.469 e. The summed E-state index contributed by atoms with van der Waals surface area (Å²) in [6.07, 6.45) is 3.29. The van der Waals surface area contributed by atoms with E-state index in [4.69, 9.17) is 9.47 Å². The zero-order chi connectivity index (χ0) is 13.1. The van der Waals surface area contributed by atoms with Gasteiger partial charge in [0.2, 0.25) is 0 Å². The van der Waals surface area contributed by atoms with Crippen molar-refractivity contribution in [1.29, 1.82) is 0 Å². The van der Waals surface area contributed by atoms with Crippen LogP contribution >= 0.6 is 0 Å². The maximum atomic E-state index is 12.1. The Balaban J connectivity index is 1.74. The van der Waals surface area contributed by atoms with Gasteiger partial charge < -0.3 is 9.47 Å². The summed E-state index contributed by atoms with van der Waals surface area (Å²) in [5.74, 6) is 1.12. The van der Waals surface area contributed by atoms with Crippen molar-refractivity contribution in [2.24, 2.45) is 17.8 Å². The van der Waals surface area contributed by atoms with E-state index in [1.54, 1.807) is 0 Å². The lowest BCUT2D eigenvalue weighted by atomic mass is 9.75. The van der Waals surface area contributed by atoms with Crippen LogP contribution in [0.1, 0.15) is 23.6 Å². The molecule has 2 aliphatic heterocycles. The number of rotatable bonds is 2. The van der Waals surface area contributed by atoms with Crippen molar-refractivity contribution in [3.63, 3.8) is 0 Å². The van der Waals surface area contributed by atoms with Crippen LogP contribution in [0.25, 0.3) is 0 Å². The van der Waals surface area contributed by atoms with Gasteiger partial charge in [0.1, 0.15) is 0 Å². The van der Waals surface area contributed by atoms with Crippen LogP contribution in [0.2, 0.25) is 0 Å². The second-order valence-corrected chi connectivity index (χ2v) is 5.93. The van der Waals surface area contributed by atoms with Crippen molar-refractivity contribution in [3.05, 3.63) is 29.6 Å². The van der Waals surface area contributed by atoms with Gasteiger partial charge in [-0.05, 0) is 42.9 Å². The Kier molecular flexibility index (Phi) is 2.28. The molecule has 2 saturated heterocycles. The zero-order valence-electron chi connectivity index (χ0n) is 11.1. The predicted molar refractivity (Wildman–Crippen MR) is 67.5 cm³/mol. The van der Waals surface area contributed by atoms with E-state index >= 15 is 0 Å². The van der Waals surface area contributed by atoms with Gasteiger partial charge in [-0.1, -0.05) is 0 Å². The highest BCUT2D eigenvalue weighted by atomic mass is 16.5. The van der Waals surface area contributed by atoms with Crippen LogP contribution in [0.3, 0.4) is 0 Å². The normalized spacial score (nSPS) is 42.0. The number of pyridine rings is 1. The number of methoxy groups -OCH3 is 1. The first-order valence-corrected chi connectivity index (χ1v) is 6.86. The predicted octanol–water partition coefficient (Wildman–Crippen LogP) is 1.68. The zero-order valence-corrected chi connectivity index (χ0v) is 11.1. The lowest BCUT2D eigenvalue weighted by Crippen LogP contribution is -2.34. The summed E-state index contributed by atoms with van der Waals surface area (Å²) < 4.78 is 11.1. The van der Waals surface area contributed by atoms with Crippen LogP contribution in [0.5, 0.6) is 0 Å². The SMILES string of the molecule is COC(=O)[C@H]1[C@@H]2O[C@@H]([C@H]3C[C@H]32)[C@@H]1c1ccnc(C)c1. The average Bonchev–Trinajstić information content (AvgIpc) is 3.03. The Morgan fingerprint density at radius 1 is 1.42 bits per heavy atom. The molecule has 0 spiro atoms. The molecule has 4 heteroatoms. The fraction of sp³-hybridized carbons (Fsp3) is 0.600. The third-order valence-corrected chi connectivity index (χ3v) is 4.92. The van der Waals surface area contributed by atoms with E-state index < -0.39 is 0 Å². The first-order chi connectivity index (χ1) is 9.20. The summed E-state index contributed by atoms with van der Waals surface area (Å²) in [6.45, 7) is 1.98. The molecule has 1 aliphatic carbocycles. The van der Waals surface area contributed by atoms with Crippen LogP contribution in [-0.4, -0.2) is 30.3 Å².